The Bertz CT molecular complexity index is 1240. The number of benzene rings is 2. The third-order valence-electron chi connectivity index (χ3n) is 4.78. The molecule has 0 unspecified atom stereocenters. The molecule has 5 rings (SSSR count). The standard InChI is InChI=1S/C22H19N5O/c1-27(13-15-7-3-2-4-8-15)14-21-25-26-22(28-21)19-11-17-16-9-5-6-10-18(16)24-20(17)12-23-19/h2-12,24H,13-14H2,1H3. The molecule has 0 saturated carbocycles. The first-order valence-corrected chi connectivity index (χ1v) is 9.18. The molecule has 0 fully saturated rings. The van der Waals surface area contributed by atoms with Gasteiger partial charge >= 0.3 is 0 Å². The Balaban J connectivity index is 1.39. The molecule has 0 saturated heterocycles. The smallest absolute Gasteiger partial charge is 0.266 e. The van der Waals surface area contributed by atoms with Crippen molar-refractivity contribution in [1.29, 1.82) is 0 Å². The van der Waals surface area contributed by atoms with Gasteiger partial charge in [0.15, 0.2) is 0 Å². The number of pyridine rings is 1. The van der Waals surface area contributed by atoms with E-state index in [0.29, 0.717) is 24.0 Å². The summed E-state index contributed by atoms with van der Waals surface area (Å²) in [5.41, 5.74) is 4.01. The van der Waals surface area contributed by atoms with E-state index in [-0.39, 0.29) is 0 Å². The molecule has 5 aromatic rings. The lowest BCUT2D eigenvalue weighted by atomic mass is 10.1. The van der Waals surface area contributed by atoms with Crippen molar-refractivity contribution >= 4 is 21.8 Å². The van der Waals surface area contributed by atoms with Gasteiger partial charge in [-0.25, -0.2) is 4.98 Å². The van der Waals surface area contributed by atoms with E-state index in [4.69, 9.17) is 4.42 Å². The van der Waals surface area contributed by atoms with Gasteiger partial charge in [-0.3, -0.25) is 4.90 Å². The van der Waals surface area contributed by atoms with Crippen molar-refractivity contribution in [2.45, 2.75) is 13.1 Å². The Morgan fingerprint density at radius 3 is 2.61 bits per heavy atom. The molecule has 0 aliphatic rings. The lowest BCUT2D eigenvalue weighted by molar-refractivity contribution is 0.282. The minimum absolute atomic E-state index is 0.440. The van der Waals surface area contributed by atoms with Crippen LogP contribution in [0, 0.1) is 0 Å². The molecular formula is C22H19N5O. The molecular weight excluding hydrogens is 350 g/mol. The molecule has 0 amide bonds. The van der Waals surface area contributed by atoms with Crippen molar-refractivity contribution in [3.8, 4) is 11.6 Å². The summed E-state index contributed by atoms with van der Waals surface area (Å²) >= 11 is 0. The maximum Gasteiger partial charge on any atom is 0.266 e. The minimum Gasteiger partial charge on any atom is -0.418 e. The number of fused-ring (bicyclic) bond motifs is 3. The van der Waals surface area contributed by atoms with Gasteiger partial charge in [0.05, 0.1) is 18.3 Å². The third-order valence-corrected chi connectivity index (χ3v) is 4.78. The van der Waals surface area contributed by atoms with Crippen LogP contribution in [0.3, 0.4) is 0 Å². The molecule has 0 bridgehead atoms. The van der Waals surface area contributed by atoms with Crippen LogP contribution in [0.4, 0.5) is 0 Å². The second-order valence-corrected chi connectivity index (χ2v) is 6.94. The van der Waals surface area contributed by atoms with E-state index in [1.807, 2.05) is 49.6 Å². The minimum atomic E-state index is 0.440. The van der Waals surface area contributed by atoms with Crippen LogP contribution in [0.2, 0.25) is 0 Å². The van der Waals surface area contributed by atoms with Crippen molar-refractivity contribution in [2.75, 3.05) is 7.05 Å². The largest absolute Gasteiger partial charge is 0.418 e. The first-order valence-electron chi connectivity index (χ1n) is 9.18. The third kappa shape index (κ3) is 3.14. The summed E-state index contributed by atoms with van der Waals surface area (Å²) in [5.74, 6) is 1.02. The fraction of sp³-hybridized carbons (Fsp3) is 0.136. The van der Waals surface area contributed by atoms with Crippen LogP contribution in [0.25, 0.3) is 33.4 Å². The van der Waals surface area contributed by atoms with Crippen LogP contribution in [0.5, 0.6) is 0 Å². The molecule has 3 aromatic heterocycles. The van der Waals surface area contributed by atoms with Crippen molar-refractivity contribution in [3.05, 3.63) is 78.3 Å². The number of nitrogens with zero attached hydrogens (tertiary/aromatic N) is 4. The second kappa shape index (κ2) is 6.90. The molecule has 0 radical (unpaired) electrons. The molecule has 0 atom stereocenters. The Kier molecular flexibility index (Phi) is 4.10. The van der Waals surface area contributed by atoms with Gasteiger partial charge in [0.25, 0.3) is 5.89 Å². The predicted octanol–water partition coefficient (Wildman–Crippen LogP) is 4.40. The summed E-state index contributed by atoms with van der Waals surface area (Å²) in [6.45, 7) is 1.40. The normalized spacial score (nSPS) is 11.6. The molecule has 6 nitrogen and oxygen atoms in total. The van der Waals surface area contributed by atoms with E-state index in [2.05, 4.69) is 49.3 Å². The van der Waals surface area contributed by atoms with Gasteiger partial charge < -0.3 is 9.40 Å². The Morgan fingerprint density at radius 1 is 0.893 bits per heavy atom. The maximum atomic E-state index is 5.88. The van der Waals surface area contributed by atoms with Crippen LogP contribution in [0.15, 0.2) is 71.3 Å². The number of H-pyrrole nitrogens is 1. The number of rotatable bonds is 5. The van der Waals surface area contributed by atoms with E-state index in [9.17, 15) is 0 Å². The first kappa shape index (κ1) is 16.6. The summed E-state index contributed by atoms with van der Waals surface area (Å²) in [4.78, 5) is 10.0. The SMILES string of the molecule is CN(Cc1ccccc1)Cc1nnc(-c2cc3c(cn2)[nH]c2ccccc23)o1. The van der Waals surface area contributed by atoms with Gasteiger partial charge in [-0.1, -0.05) is 48.5 Å². The quantitative estimate of drug-likeness (QED) is 0.497. The highest BCUT2D eigenvalue weighted by Crippen LogP contribution is 2.28. The number of aromatic amines is 1. The van der Waals surface area contributed by atoms with Gasteiger partial charge in [-0.05, 0) is 24.7 Å². The van der Waals surface area contributed by atoms with E-state index in [1.165, 1.54) is 5.56 Å². The molecule has 138 valence electrons. The van der Waals surface area contributed by atoms with Crippen LogP contribution >= 0.6 is 0 Å². The van der Waals surface area contributed by atoms with Crippen molar-refractivity contribution in [1.82, 2.24) is 25.1 Å². The van der Waals surface area contributed by atoms with Gasteiger partial charge in [-0.2, -0.15) is 0 Å². The average Bonchev–Trinajstić information content (AvgIpc) is 3.32. The number of hydrogen-bond acceptors (Lipinski definition) is 5. The van der Waals surface area contributed by atoms with Crippen LogP contribution in [-0.4, -0.2) is 32.1 Å². The molecule has 3 heterocycles. The van der Waals surface area contributed by atoms with Crippen molar-refractivity contribution in [2.24, 2.45) is 0 Å². The fourth-order valence-corrected chi connectivity index (χ4v) is 3.47. The molecule has 0 spiro atoms. The highest BCUT2D eigenvalue weighted by molar-refractivity contribution is 6.07. The molecule has 28 heavy (non-hydrogen) atoms. The summed E-state index contributed by atoms with van der Waals surface area (Å²) in [7, 11) is 2.03. The zero-order valence-corrected chi connectivity index (χ0v) is 15.5. The molecule has 0 aliphatic heterocycles. The summed E-state index contributed by atoms with van der Waals surface area (Å²) < 4.78 is 5.88. The molecule has 6 heteroatoms. The first-order chi connectivity index (χ1) is 13.8. The van der Waals surface area contributed by atoms with Gasteiger partial charge in [0.1, 0.15) is 5.69 Å². The average molecular weight is 369 g/mol. The Morgan fingerprint density at radius 2 is 1.71 bits per heavy atom. The molecule has 2 aromatic carbocycles. The van der Waals surface area contributed by atoms with Gasteiger partial charge in [0.2, 0.25) is 5.89 Å². The second-order valence-electron chi connectivity index (χ2n) is 6.94. The number of nitrogens with one attached hydrogen (secondary N) is 1. The zero-order valence-electron chi connectivity index (χ0n) is 15.5. The predicted molar refractivity (Wildman–Crippen MR) is 109 cm³/mol. The van der Waals surface area contributed by atoms with Crippen molar-refractivity contribution < 1.29 is 4.42 Å². The highest BCUT2D eigenvalue weighted by atomic mass is 16.4. The summed E-state index contributed by atoms with van der Waals surface area (Å²) in [6.07, 6.45) is 1.82. The summed E-state index contributed by atoms with van der Waals surface area (Å²) in [5, 5.41) is 10.7. The molecule has 1 N–H and O–H groups in total. The Labute approximate surface area is 161 Å². The van der Waals surface area contributed by atoms with Gasteiger partial charge in [-0.15, -0.1) is 10.2 Å². The lowest BCUT2D eigenvalue weighted by Crippen LogP contribution is -2.17. The molecule has 0 aliphatic carbocycles. The monoisotopic (exact) mass is 369 g/mol. The van der Waals surface area contributed by atoms with E-state index >= 15 is 0 Å². The van der Waals surface area contributed by atoms with E-state index in [1.54, 1.807) is 0 Å². The summed E-state index contributed by atoms with van der Waals surface area (Å²) in [6, 6.07) is 20.5. The highest BCUT2D eigenvalue weighted by Gasteiger charge is 2.14. The van der Waals surface area contributed by atoms with Crippen molar-refractivity contribution in [3.63, 3.8) is 0 Å². The fourth-order valence-electron chi connectivity index (χ4n) is 3.47. The van der Waals surface area contributed by atoms with E-state index in [0.717, 1.165) is 28.4 Å². The zero-order chi connectivity index (χ0) is 18.9. The van der Waals surface area contributed by atoms with E-state index < -0.39 is 0 Å². The van der Waals surface area contributed by atoms with Crippen LogP contribution in [-0.2, 0) is 13.1 Å². The van der Waals surface area contributed by atoms with Gasteiger partial charge in [0, 0.05) is 22.8 Å². The van der Waals surface area contributed by atoms with Crippen LogP contribution < -0.4 is 0 Å². The maximum absolute atomic E-state index is 5.88. The lowest BCUT2D eigenvalue weighted by Gasteiger charge is -2.13. The number of para-hydroxylation sites is 1. The van der Waals surface area contributed by atoms with Crippen LogP contribution in [0.1, 0.15) is 11.5 Å². The number of aromatic nitrogens is 4. The Hall–Kier alpha value is -3.51. The number of hydrogen-bond donors (Lipinski definition) is 1. The topological polar surface area (TPSA) is 70.8 Å².